The molecule has 130 valence electrons. The third kappa shape index (κ3) is 3.67. The zero-order valence-corrected chi connectivity index (χ0v) is 14.2. The van der Waals surface area contributed by atoms with Crippen molar-refractivity contribution in [1.29, 1.82) is 0 Å². The maximum Gasteiger partial charge on any atom is 0.329 e. The van der Waals surface area contributed by atoms with Crippen molar-refractivity contribution in [3.8, 4) is 0 Å². The van der Waals surface area contributed by atoms with Crippen LogP contribution in [0.25, 0.3) is 11.0 Å². The molecule has 1 aromatic carbocycles. The molecule has 7 heteroatoms. The molecule has 0 aliphatic heterocycles. The van der Waals surface area contributed by atoms with Crippen LogP contribution in [-0.4, -0.2) is 44.1 Å². The van der Waals surface area contributed by atoms with E-state index in [1.54, 1.807) is 10.6 Å². The number of fused-ring (bicyclic) bond motifs is 1. The monoisotopic (exact) mass is 333 g/mol. The van der Waals surface area contributed by atoms with Crippen LogP contribution in [-0.2, 0) is 22.7 Å². The fourth-order valence-corrected chi connectivity index (χ4v) is 2.82. The molecule has 0 saturated heterocycles. The Kier molecular flexibility index (Phi) is 5.43. The van der Waals surface area contributed by atoms with Crippen molar-refractivity contribution in [2.45, 2.75) is 33.9 Å². The Morgan fingerprint density at radius 2 is 1.75 bits per heavy atom. The largest absolute Gasteiger partial charge is 0.480 e. The van der Waals surface area contributed by atoms with Gasteiger partial charge in [0.05, 0.1) is 11.0 Å². The molecule has 1 N–H and O–H groups in total. The Morgan fingerprint density at radius 3 is 2.25 bits per heavy atom. The number of aryl methyl sites for hydroxylation is 1. The summed E-state index contributed by atoms with van der Waals surface area (Å²) >= 11 is 0. The molecule has 0 fully saturated rings. The van der Waals surface area contributed by atoms with Crippen LogP contribution in [0.15, 0.2) is 29.1 Å². The van der Waals surface area contributed by atoms with Crippen molar-refractivity contribution in [3.05, 3.63) is 34.7 Å². The highest BCUT2D eigenvalue weighted by atomic mass is 16.4. The highest BCUT2D eigenvalue weighted by Crippen LogP contribution is 2.13. The molecule has 1 aromatic heterocycles. The molecule has 1 heterocycles. The van der Waals surface area contributed by atoms with Crippen molar-refractivity contribution in [2.75, 3.05) is 13.1 Å². The third-order valence-electron chi connectivity index (χ3n) is 3.80. The molecule has 1 amide bonds. The van der Waals surface area contributed by atoms with Crippen molar-refractivity contribution in [2.24, 2.45) is 5.92 Å². The fourth-order valence-electron chi connectivity index (χ4n) is 2.82. The number of carboxylic acid groups (broad SMARTS) is 1. The average molecular weight is 333 g/mol. The van der Waals surface area contributed by atoms with E-state index in [9.17, 15) is 14.4 Å². The quantitative estimate of drug-likeness (QED) is 0.830. The number of nitrogens with zero attached hydrogens (tertiary/aromatic N) is 3. The van der Waals surface area contributed by atoms with E-state index >= 15 is 0 Å². The summed E-state index contributed by atoms with van der Waals surface area (Å²) in [6, 6.07) is 7.28. The molecule has 2 aromatic rings. The number of hydrogen-bond acceptors (Lipinski definition) is 3. The van der Waals surface area contributed by atoms with Gasteiger partial charge in [-0.25, -0.2) is 4.79 Å². The maximum absolute atomic E-state index is 12.6. The van der Waals surface area contributed by atoms with Crippen molar-refractivity contribution in [3.63, 3.8) is 0 Å². The van der Waals surface area contributed by atoms with Crippen molar-refractivity contribution >= 4 is 22.9 Å². The lowest BCUT2D eigenvalue weighted by atomic mass is 10.2. The lowest BCUT2D eigenvalue weighted by molar-refractivity contribution is -0.145. The summed E-state index contributed by atoms with van der Waals surface area (Å²) in [5, 5.41) is 9.01. The number of para-hydroxylation sites is 2. The van der Waals surface area contributed by atoms with Gasteiger partial charge in [0.2, 0.25) is 5.91 Å². The van der Waals surface area contributed by atoms with Gasteiger partial charge in [-0.3, -0.25) is 18.7 Å². The molecular weight excluding hydrogens is 310 g/mol. The van der Waals surface area contributed by atoms with Gasteiger partial charge in [0.15, 0.2) is 0 Å². The minimum atomic E-state index is -1.06. The first kappa shape index (κ1) is 17.8. The number of carbonyl (C=O) groups excluding carboxylic acids is 1. The van der Waals surface area contributed by atoms with Crippen LogP contribution < -0.4 is 5.69 Å². The van der Waals surface area contributed by atoms with Crippen LogP contribution in [0.4, 0.5) is 0 Å². The van der Waals surface area contributed by atoms with Crippen LogP contribution in [0, 0.1) is 5.92 Å². The summed E-state index contributed by atoms with van der Waals surface area (Å²) in [5.41, 5.74) is 1.19. The second-order valence-electron chi connectivity index (χ2n) is 6.16. The van der Waals surface area contributed by atoms with Crippen LogP contribution >= 0.6 is 0 Å². The molecule has 0 unspecified atom stereocenters. The lowest BCUT2D eigenvalue weighted by Gasteiger charge is -2.22. The third-order valence-corrected chi connectivity index (χ3v) is 3.80. The number of carboxylic acids is 1. The minimum absolute atomic E-state index is 0.141. The number of carbonyl (C=O) groups is 2. The average Bonchev–Trinajstić information content (AvgIpc) is 2.77. The summed E-state index contributed by atoms with van der Waals surface area (Å²) in [6.07, 6.45) is 0. The number of amides is 1. The van der Waals surface area contributed by atoms with E-state index in [1.165, 1.54) is 9.47 Å². The van der Waals surface area contributed by atoms with E-state index in [0.29, 0.717) is 18.6 Å². The van der Waals surface area contributed by atoms with Crippen LogP contribution in [0.1, 0.15) is 20.8 Å². The summed E-state index contributed by atoms with van der Waals surface area (Å²) < 4.78 is 3.02. The highest BCUT2D eigenvalue weighted by molar-refractivity contribution is 5.83. The van der Waals surface area contributed by atoms with Gasteiger partial charge in [-0.1, -0.05) is 26.0 Å². The van der Waals surface area contributed by atoms with Gasteiger partial charge in [-0.2, -0.15) is 0 Å². The fraction of sp³-hybridized carbons (Fsp3) is 0.471. The molecule has 0 saturated carbocycles. The van der Waals surface area contributed by atoms with Gasteiger partial charge in [-0.15, -0.1) is 0 Å². The normalized spacial score (nSPS) is 11.2. The summed E-state index contributed by atoms with van der Waals surface area (Å²) in [5.74, 6) is -1.29. The van der Waals surface area contributed by atoms with E-state index in [2.05, 4.69) is 0 Å². The lowest BCUT2D eigenvalue weighted by Crippen LogP contribution is -2.41. The van der Waals surface area contributed by atoms with E-state index in [1.807, 2.05) is 39.0 Å². The van der Waals surface area contributed by atoms with Gasteiger partial charge >= 0.3 is 11.7 Å². The predicted octanol–water partition coefficient (Wildman–Crippen LogP) is 1.39. The molecule has 0 atom stereocenters. The Morgan fingerprint density at radius 1 is 1.17 bits per heavy atom. The zero-order chi connectivity index (χ0) is 17.9. The molecule has 0 spiro atoms. The van der Waals surface area contributed by atoms with Crippen molar-refractivity contribution in [1.82, 2.24) is 14.0 Å². The smallest absolute Gasteiger partial charge is 0.329 e. The molecule has 0 aliphatic rings. The molecule has 2 rings (SSSR count). The van der Waals surface area contributed by atoms with Crippen molar-refractivity contribution < 1.29 is 14.7 Å². The highest BCUT2D eigenvalue weighted by Gasteiger charge is 2.21. The number of imidazole rings is 1. The minimum Gasteiger partial charge on any atom is -0.480 e. The van der Waals surface area contributed by atoms with E-state index in [0.717, 1.165) is 5.52 Å². The molecule has 7 nitrogen and oxygen atoms in total. The number of aliphatic carboxylic acids is 1. The van der Waals surface area contributed by atoms with E-state index < -0.39 is 5.97 Å². The molecule has 0 radical (unpaired) electrons. The maximum atomic E-state index is 12.6. The Balaban J connectivity index is 2.37. The summed E-state index contributed by atoms with van der Waals surface area (Å²) in [7, 11) is 0. The molecule has 0 bridgehead atoms. The number of hydrogen-bond donors (Lipinski definition) is 1. The Hall–Kier alpha value is -2.57. The Labute approximate surface area is 140 Å². The SMILES string of the molecule is CCn1c(=O)n(CC(=O)N(CC(=O)O)CC(C)C)c2ccccc21. The number of aromatic nitrogens is 2. The molecule has 0 aliphatic carbocycles. The van der Waals surface area contributed by atoms with Crippen LogP contribution in [0.3, 0.4) is 0 Å². The Bertz CT molecular complexity index is 804. The standard InChI is InChI=1S/C17H23N3O4/c1-4-19-13-7-5-6-8-14(13)20(17(19)24)10-15(21)18(9-12(2)3)11-16(22)23/h5-8,12H,4,9-11H2,1-3H3,(H,22,23). The second-order valence-corrected chi connectivity index (χ2v) is 6.16. The van der Waals surface area contributed by atoms with Crippen LogP contribution in [0.2, 0.25) is 0 Å². The second kappa shape index (κ2) is 7.33. The molecule has 24 heavy (non-hydrogen) atoms. The van der Waals surface area contributed by atoms with Gasteiger partial charge in [0, 0.05) is 13.1 Å². The summed E-state index contributed by atoms with van der Waals surface area (Å²) in [4.78, 5) is 37.4. The zero-order valence-electron chi connectivity index (χ0n) is 14.2. The summed E-state index contributed by atoms with van der Waals surface area (Å²) in [6.45, 7) is 6.02. The first-order valence-corrected chi connectivity index (χ1v) is 8.02. The topological polar surface area (TPSA) is 84.5 Å². The predicted molar refractivity (Wildman–Crippen MR) is 90.9 cm³/mol. The van der Waals surface area contributed by atoms with E-state index in [4.69, 9.17) is 5.11 Å². The van der Waals surface area contributed by atoms with Gasteiger partial charge in [-0.05, 0) is 25.0 Å². The number of benzene rings is 1. The molecular formula is C17H23N3O4. The van der Waals surface area contributed by atoms with Gasteiger partial charge in [0.1, 0.15) is 13.1 Å². The number of rotatable bonds is 7. The van der Waals surface area contributed by atoms with Gasteiger partial charge in [0.25, 0.3) is 0 Å². The van der Waals surface area contributed by atoms with Crippen LogP contribution in [0.5, 0.6) is 0 Å². The first-order chi connectivity index (χ1) is 11.3. The van der Waals surface area contributed by atoms with E-state index in [-0.39, 0.29) is 30.6 Å². The first-order valence-electron chi connectivity index (χ1n) is 8.02. The van der Waals surface area contributed by atoms with Gasteiger partial charge < -0.3 is 10.0 Å².